The number of hydrogen-bond donors (Lipinski definition) is 2. The summed E-state index contributed by atoms with van der Waals surface area (Å²) < 4.78 is 5.63. The van der Waals surface area contributed by atoms with E-state index in [1.165, 1.54) is 0 Å². The molecule has 18 heavy (non-hydrogen) atoms. The third kappa shape index (κ3) is 2.92. The van der Waals surface area contributed by atoms with Crippen LogP contribution in [-0.2, 0) is 0 Å². The van der Waals surface area contributed by atoms with Crippen molar-refractivity contribution >= 4 is 6.03 Å². The molecule has 0 saturated carbocycles. The number of rotatable bonds is 5. The minimum Gasteiger partial charge on any atom is -0.491 e. The summed E-state index contributed by atoms with van der Waals surface area (Å²) in [6, 6.07) is 7.35. The number of para-hydroxylation sites is 1. The first-order valence-electron chi connectivity index (χ1n) is 6.11. The topological polar surface area (TPSA) is 61.8 Å². The Bertz CT molecular complexity index is 420. The molecule has 1 saturated heterocycles. The molecular formula is C13H18N2O3. The Labute approximate surface area is 106 Å². The van der Waals surface area contributed by atoms with Gasteiger partial charge in [0.15, 0.2) is 0 Å². The second kappa shape index (κ2) is 5.73. The zero-order valence-corrected chi connectivity index (χ0v) is 10.4. The van der Waals surface area contributed by atoms with Gasteiger partial charge in [0.05, 0.1) is 12.6 Å². The van der Waals surface area contributed by atoms with Crippen LogP contribution in [0.25, 0.3) is 0 Å². The summed E-state index contributed by atoms with van der Waals surface area (Å²) in [6.07, 6.45) is -0.559. The number of ether oxygens (including phenoxy) is 1. The summed E-state index contributed by atoms with van der Waals surface area (Å²) in [5.74, 6) is 0.673. The standard InChI is InChI=1S/C13H18N2O3/c1-10(16)11-4-2-3-5-12(11)18-9-8-15-7-6-14-13(15)17/h2-5,10,16H,6-9H2,1H3,(H,14,17)/t10-/m0/s1. The van der Waals surface area contributed by atoms with Crippen molar-refractivity contribution in [1.29, 1.82) is 0 Å². The first kappa shape index (κ1) is 12.7. The molecule has 5 nitrogen and oxygen atoms in total. The van der Waals surface area contributed by atoms with E-state index in [9.17, 15) is 9.90 Å². The molecule has 2 N–H and O–H groups in total. The van der Waals surface area contributed by atoms with Gasteiger partial charge in [-0.3, -0.25) is 0 Å². The van der Waals surface area contributed by atoms with Gasteiger partial charge in [0.25, 0.3) is 0 Å². The van der Waals surface area contributed by atoms with E-state index in [2.05, 4.69) is 5.32 Å². The van der Waals surface area contributed by atoms with Crippen LogP contribution in [0.5, 0.6) is 5.75 Å². The monoisotopic (exact) mass is 250 g/mol. The molecule has 0 bridgehead atoms. The molecule has 0 radical (unpaired) electrons. The van der Waals surface area contributed by atoms with Crippen LogP contribution in [0.2, 0.25) is 0 Å². The largest absolute Gasteiger partial charge is 0.491 e. The third-order valence-electron chi connectivity index (χ3n) is 2.93. The fourth-order valence-corrected chi connectivity index (χ4v) is 1.95. The third-order valence-corrected chi connectivity index (χ3v) is 2.93. The van der Waals surface area contributed by atoms with Crippen molar-refractivity contribution in [2.75, 3.05) is 26.2 Å². The van der Waals surface area contributed by atoms with Crippen LogP contribution < -0.4 is 10.1 Å². The summed E-state index contributed by atoms with van der Waals surface area (Å²) in [5, 5.41) is 12.3. The van der Waals surface area contributed by atoms with Gasteiger partial charge in [0.1, 0.15) is 12.4 Å². The Morgan fingerprint density at radius 1 is 1.50 bits per heavy atom. The van der Waals surface area contributed by atoms with E-state index in [1.54, 1.807) is 11.8 Å². The zero-order chi connectivity index (χ0) is 13.0. The first-order valence-corrected chi connectivity index (χ1v) is 6.11. The van der Waals surface area contributed by atoms with Gasteiger partial charge < -0.3 is 20.1 Å². The van der Waals surface area contributed by atoms with Crippen molar-refractivity contribution in [2.24, 2.45) is 0 Å². The summed E-state index contributed by atoms with van der Waals surface area (Å²) in [7, 11) is 0. The molecule has 1 aliphatic rings. The van der Waals surface area contributed by atoms with E-state index >= 15 is 0 Å². The van der Waals surface area contributed by atoms with Crippen molar-refractivity contribution in [3.05, 3.63) is 29.8 Å². The van der Waals surface area contributed by atoms with Crippen molar-refractivity contribution in [3.63, 3.8) is 0 Å². The highest BCUT2D eigenvalue weighted by atomic mass is 16.5. The van der Waals surface area contributed by atoms with Crippen molar-refractivity contribution in [2.45, 2.75) is 13.0 Å². The molecular weight excluding hydrogens is 232 g/mol. The number of aliphatic hydroxyl groups excluding tert-OH is 1. The summed E-state index contributed by atoms with van der Waals surface area (Å²) in [4.78, 5) is 13.0. The average Bonchev–Trinajstić information content (AvgIpc) is 2.76. The van der Waals surface area contributed by atoms with Gasteiger partial charge >= 0.3 is 6.03 Å². The SMILES string of the molecule is C[C@H](O)c1ccccc1OCCN1CCNC1=O. The van der Waals surface area contributed by atoms with Gasteiger partial charge in [-0.15, -0.1) is 0 Å². The molecule has 0 aliphatic carbocycles. The molecule has 1 aromatic rings. The second-order valence-electron chi connectivity index (χ2n) is 4.28. The molecule has 1 aliphatic heterocycles. The lowest BCUT2D eigenvalue weighted by molar-refractivity contribution is 0.184. The quantitative estimate of drug-likeness (QED) is 0.824. The van der Waals surface area contributed by atoms with Crippen molar-refractivity contribution in [3.8, 4) is 5.75 Å². The lowest BCUT2D eigenvalue weighted by atomic mass is 10.1. The van der Waals surface area contributed by atoms with Crippen LogP contribution in [0.3, 0.4) is 0 Å². The number of urea groups is 1. The summed E-state index contributed by atoms with van der Waals surface area (Å²) in [6.45, 7) is 4.11. The number of hydrogen-bond acceptors (Lipinski definition) is 3. The zero-order valence-electron chi connectivity index (χ0n) is 10.4. The Morgan fingerprint density at radius 2 is 2.28 bits per heavy atom. The summed E-state index contributed by atoms with van der Waals surface area (Å²) in [5.41, 5.74) is 0.767. The lowest BCUT2D eigenvalue weighted by Gasteiger charge is -2.16. The van der Waals surface area contributed by atoms with Crippen LogP contribution in [-0.4, -0.2) is 42.3 Å². The molecule has 2 amide bonds. The number of nitrogens with zero attached hydrogens (tertiary/aromatic N) is 1. The van der Waals surface area contributed by atoms with Gasteiger partial charge in [-0.05, 0) is 13.0 Å². The van der Waals surface area contributed by atoms with Crippen LogP contribution >= 0.6 is 0 Å². The van der Waals surface area contributed by atoms with Crippen molar-refractivity contribution < 1.29 is 14.6 Å². The second-order valence-corrected chi connectivity index (χ2v) is 4.28. The summed E-state index contributed by atoms with van der Waals surface area (Å²) >= 11 is 0. The normalized spacial score (nSPS) is 16.6. The van der Waals surface area contributed by atoms with E-state index in [-0.39, 0.29) is 6.03 Å². The molecule has 1 fully saturated rings. The number of carbonyl (C=O) groups is 1. The average molecular weight is 250 g/mol. The number of nitrogens with one attached hydrogen (secondary N) is 1. The van der Waals surface area contributed by atoms with Crippen LogP contribution in [0, 0.1) is 0 Å². The van der Waals surface area contributed by atoms with E-state index in [0.29, 0.717) is 25.4 Å². The predicted octanol–water partition coefficient (Wildman–Crippen LogP) is 1.14. The smallest absolute Gasteiger partial charge is 0.317 e. The number of carbonyl (C=O) groups excluding carboxylic acids is 1. The fourth-order valence-electron chi connectivity index (χ4n) is 1.95. The molecule has 2 rings (SSSR count). The fraction of sp³-hybridized carbons (Fsp3) is 0.462. The predicted molar refractivity (Wildman–Crippen MR) is 67.5 cm³/mol. The highest BCUT2D eigenvalue weighted by molar-refractivity contribution is 5.76. The molecule has 98 valence electrons. The van der Waals surface area contributed by atoms with E-state index < -0.39 is 6.10 Å². The molecule has 5 heteroatoms. The Morgan fingerprint density at radius 3 is 2.94 bits per heavy atom. The van der Waals surface area contributed by atoms with E-state index in [0.717, 1.165) is 12.1 Å². The van der Waals surface area contributed by atoms with Crippen LogP contribution in [0.4, 0.5) is 4.79 Å². The van der Waals surface area contributed by atoms with Gasteiger partial charge in [-0.1, -0.05) is 18.2 Å². The highest BCUT2D eigenvalue weighted by Crippen LogP contribution is 2.24. The van der Waals surface area contributed by atoms with Crippen LogP contribution in [0.15, 0.2) is 24.3 Å². The molecule has 0 aromatic heterocycles. The van der Waals surface area contributed by atoms with E-state index in [4.69, 9.17) is 4.74 Å². The van der Waals surface area contributed by atoms with Crippen LogP contribution in [0.1, 0.15) is 18.6 Å². The highest BCUT2D eigenvalue weighted by Gasteiger charge is 2.18. The van der Waals surface area contributed by atoms with E-state index in [1.807, 2.05) is 24.3 Å². The molecule has 1 heterocycles. The van der Waals surface area contributed by atoms with Gasteiger partial charge in [0, 0.05) is 18.7 Å². The molecule has 1 atom stereocenters. The lowest BCUT2D eigenvalue weighted by Crippen LogP contribution is -2.31. The van der Waals surface area contributed by atoms with Gasteiger partial charge in [-0.2, -0.15) is 0 Å². The number of amides is 2. The first-order chi connectivity index (χ1) is 8.68. The maximum absolute atomic E-state index is 11.3. The Hall–Kier alpha value is -1.75. The van der Waals surface area contributed by atoms with Gasteiger partial charge in [0.2, 0.25) is 0 Å². The minimum atomic E-state index is -0.559. The molecule has 0 unspecified atom stereocenters. The van der Waals surface area contributed by atoms with Crippen molar-refractivity contribution in [1.82, 2.24) is 10.2 Å². The number of benzene rings is 1. The Balaban J connectivity index is 1.88. The minimum absolute atomic E-state index is 0.0394. The molecule has 0 spiro atoms. The Kier molecular flexibility index (Phi) is 4.04. The van der Waals surface area contributed by atoms with Gasteiger partial charge in [-0.25, -0.2) is 4.79 Å². The number of aliphatic hydroxyl groups is 1. The maximum Gasteiger partial charge on any atom is 0.317 e. The molecule has 1 aromatic carbocycles. The maximum atomic E-state index is 11.3.